The van der Waals surface area contributed by atoms with Crippen molar-refractivity contribution in [2.24, 2.45) is 0 Å². The molecule has 0 saturated heterocycles. The third kappa shape index (κ3) is 6.28. The first-order valence-corrected chi connectivity index (χ1v) is 22.1. The van der Waals surface area contributed by atoms with E-state index >= 15 is 0 Å². The Morgan fingerprint density at radius 1 is 0.328 bits per heavy atom. The van der Waals surface area contributed by atoms with Gasteiger partial charge >= 0.3 is 0 Å². The standard InChI is InChI=1S/C61H43N3/c1-61(2)54-29-13-11-27-50(54)51-33-32-45(37-55(51)61)49-26-10-9-25-48(49)44-22-15-21-42(35-44)43-31-34-53-52-28-12-14-30-58(52)64(59(53)38-43)47-24-16-23-46(36-47)60-62-56(40-17-5-3-6-18-40)39-57(63-60)41-19-7-4-8-20-41/h3-39H,1-2H3. The molecule has 1 aliphatic carbocycles. The van der Waals surface area contributed by atoms with Gasteiger partial charge in [0.15, 0.2) is 5.82 Å². The first kappa shape index (κ1) is 37.6. The predicted octanol–water partition coefficient (Wildman–Crippen LogP) is 15.9. The lowest BCUT2D eigenvalue weighted by Crippen LogP contribution is -2.14. The average molecular weight is 818 g/mol. The number of hydrogen-bond acceptors (Lipinski definition) is 2. The van der Waals surface area contributed by atoms with Gasteiger partial charge in [0.2, 0.25) is 0 Å². The van der Waals surface area contributed by atoms with Gasteiger partial charge in [-0.05, 0) is 98.1 Å². The molecule has 0 atom stereocenters. The van der Waals surface area contributed by atoms with Crippen LogP contribution in [-0.4, -0.2) is 14.5 Å². The predicted molar refractivity (Wildman–Crippen MR) is 267 cm³/mol. The molecule has 9 aromatic carbocycles. The van der Waals surface area contributed by atoms with Gasteiger partial charge in [-0.25, -0.2) is 9.97 Å². The van der Waals surface area contributed by atoms with Crippen LogP contribution < -0.4 is 0 Å². The van der Waals surface area contributed by atoms with Crippen molar-refractivity contribution in [1.82, 2.24) is 14.5 Å². The second-order valence-corrected chi connectivity index (χ2v) is 17.4. The van der Waals surface area contributed by atoms with Crippen LogP contribution in [-0.2, 0) is 5.41 Å². The van der Waals surface area contributed by atoms with Crippen LogP contribution in [0.25, 0.3) is 106 Å². The highest BCUT2D eigenvalue weighted by atomic mass is 15.0. The Bertz CT molecular complexity index is 3520. The summed E-state index contributed by atoms with van der Waals surface area (Å²) in [7, 11) is 0. The van der Waals surface area contributed by atoms with Gasteiger partial charge in [0, 0.05) is 38.6 Å². The molecule has 2 aromatic heterocycles. The van der Waals surface area contributed by atoms with Crippen molar-refractivity contribution >= 4 is 21.8 Å². The number of nitrogens with zero attached hydrogens (tertiary/aromatic N) is 3. The summed E-state index contributed by atoms with van der Waals surface area (Å²) < 4.78 is 2.39. The van der Waals surface area contributed by atoms with E-state index in [4.69, 9.17) is 9.97 Å². The fourth-order valence-corrected chi connectivity index (χ4v) is 10.0. The van der Waals surface area contributed by atoms with Crippen LogP contribution in [0, 0.1) is 0 Å². The second-order valence-electron chi connectivity index (χ2n) is 17.4. The topological polar surface area (TPSA) is 30.7 Å². The van der Waals surface area contributed by atoms with Gasteiger partial charge in [-0.3, -0.25) is 0 Å². The molecule has 0 fully saturated rings. The molecule has 0 amide bonds. The Morgan fingerprint density at radius 3 is 1.61 bits per heavy atom. The van der Waals surface area contributed by atoms with Crippen molar-refractivity contribution < 1.29 is 0 Å². The van der Waals surface area contributed by atoms with E-state index in [-0.39, 0.29) is 5.41 Å². The first-order chi connectivity index (χ1) is 31.5. The normalized spacial score (nSPS) is 12.7. The van der Waals surface area contributed by atoms with Gasteiger partial charge in [-0.15, -0.1) is 0 Å². The van der Waals surface area contributed by atoms with Gasteiger partial charge in [-0.2, -0.15) is 0 Å². The van der Waals surface area contributed by atoms with E-state index in [0.29, 0.717) is 5.82 Å². The molecule has 2 heterocycles. The Balaban J connectivity index is 0.954. The quantitative estimate of drug-likeness (QED) is 0.160. The number of aromatic nitrogens is 3. The number of benzene rings is 9. The van der Waals surface area contributed by atoms with Crippen molar-refractivity contribution in [2.45, 2.75) is 19.3 Å². The fourth-order valence-electron chi connectivity index (χ4n) is 10.0. The zero-order valence-corrected chi connectivity index (χ0v) is 35.7. The lowest BCUT2D eigenvalue weighted by molar-refractivity contribution is 0.660. The molecule has 3 heteroatoms. The van der Waals surface area contributed by atoms with Crippen LogP contribution in [0.1, 0.15) is 25.0 Å². The van der Waals surface area contributed by atoms with Crippen molar-refractivity contribution in [2.75, 3.05) is 0 Å². The number of rotatable bonds is 7. The zero-order chi connectivity index (χ0) is 42.8. The number of para-hydroxylation sites is 1. The maximum atomic E-state index is 5.17. The van der Waals surface area contributed by atoms with Gasteiger partial charge in [0.25, 0.3) is 0 Å². The Morgan fingerprint density at radius 2 is 0.859 bits per heavy atom. The molecular formula is C61H43N3. The van der Waals surface area contributed by atoms with Crippen LogP contribution >= 0.6 is 0 Å². The Kier molecular flexibility index (Phi) is 8.84. The Labute approximate surface area is 373 Å². The molecule has 1 aliphatic rings. The molecule has 3 nitrogen and oxygen atoms in total. The molecule has 0 spiro atoms. The molecule has 12 rings (SSSR count). The maximum absolute atomic E-state index is 5.17. The third-order valence-electron chi connectivity index (χ3n) is 13.2. The lowest BCUT2D eigenvalue weighted by atomic mass is 9.81. The van der Waals surface area contributed by atoms with Gasteiger partial charge in [0.05, 0.1) is 22.4 Å². The van der Waals surface area contributed by atoms with Crippen molar-refractivity contribution in [3.63, 3.8) is 0 Å². The smallest absolute Gasteiger partial charge is 0.160 e. The molecule has 0 radical (unpaired) electrons. The van der Waals surface area contributed by atoms with E-state index in [9.17, 15) is 0 Å². The minimum atomic E-state index is -0.0631. The van der Waals surface area contributed by atoms with E-state index in [0.717, 1.165) is 50.4 Å². The molecule has 0 unspecified atom stereocenters. The summed E-state index contributed by atoms with van der Waals surface area (Å²) in [6.07, 6.45) is 0. The van der Waals surface area contributed by atoms with Crippen molar-refractivity contribution in [1.29, 1.82) is 0 Å². The maximum Gasteiger partial charge on any atom is 0.160 e. The van der Waals surface area contributed by atoms with E-state index in [2.05, 4.69) is 231 Å². The van der Waals surface area contributed by atoms with Gasteiger partial charge in [-0.1, -0.05) is 196 Å². The second kappa shape index (κ2) is 15.0. The number of hydrogen-bond donors (Lipinski definition) is 0. The molecular weight excluding hydrogens is 775 g/mol. The van der Waals surface area contributed by atoms with Crippen LogP contribution in [0.3, 0.4) is 0 Å². The summed E-state index contributed by atoms with van der Waals surface area (Å²) in [5, 5.41) is 2.42. The van der Waals surface area contributed by atoms with E-state index < -0.39 is 0 Å². The van der Waals surface area contributed by atoms with Crippen LogP contribution in [0.5, 0.6) is 0 Å². The average Bonchev–Trinajstić information content (AvgIpc) is 3.82. The molecule has 0 aliphatic heterocycles. The van der Waals surface area contributed by atoms with Crippen molar-refractivity contribution in [3.05, 3.63) is 236 Å². The highest BCUT2D eigenvalue weighted by Crippen LogP contribution is 2.50. The van der Waals surface area contributed by atoms with Crippen LogP contribution in [0.4, 0.5) is 0 Å². The van der Waals surface area contributed by atoms with Crippen LogP contribution in [0.2, 0.25) is 0 Å². The summed E-state index contributed by atoms with van der Waals surface area (Å²) >= 11 is 0. The summed E-state index contributed by atoms with van der Waals surface area (Å²) in [6.45, 7) is 4.70. The largest absolute Gasteiger partial charge is 0.309 e. The minimum absolute atomic E-state index is 0.0631. The molecule has 302 valence electrons. The number of fused-ring (bicyclic) bond motifs is 6. The minimum Gasteiger partial charge on any atom is -0.309 e. The molecule has 64 heavy (non-hydrogen) atoms. The molecule has 0 bridgehead atoms. The summed E-state index contributed by atoms with van der Waals surface area (Å²) in [5.74, 6) is 0.689. The van der Waals surface area contributed by atoms with E-state index in [1.807, 2.05) is 12.1 Å². The van der Waals surface area contributed by atoms with Crippen LogP contribution in [0.15, 0.2) is 224 Å². The van der Waals surface area contributed by atoms with Gasteiger partial charge < -0.3 is 4.57 Å². The van der Waals surface area contributed by atoms with Gasteiger partial charge in [0.1, 0.15) is 0 Å². The Hall–Kier alpha value is -8.14. The third-order valence-corrected chi connectivity index (χ3v) is 13.2. The zero-order valence-electron chi connectivity index (χ0n) is 35.7. The summed E-state index contributed by atoms with van der Waals surface area (Å²) in [5.41, 5.74) is 20.8. The summed E-state index contributed by atoms with van der Waals surface area (Å²) in [4.78, 5) is 10.3. The highest BCUT2D eigenvalue weighted by molar-refractivity contribution is 6.10. The SMILES string of the molecule is CC1(C)c2ccccc2-c2ccc(-c3ccccc3-c3cccc(-c4ccc5c6ccccc6n(-c6cccc(-c7nc(-c8ccccc8)cc(-c8ccccc8)n7)c6)c5c4)c3)cc21. The highest BCUT2D eigenvalue weighted by Gasteiger charge is 2.35. The molecule has 11 aromatic rings. The van der Waals surface area contributed by atoms with Crippen molar-refractivity contribution in [3.8, 4) is 84.1 Å². The lowest BCUT2D eigenvalue weighted by Gasteiger charge is -2.22. The molecule has 0 N–H and O–H groups in total. The monoisotopic (exact) mass is 817 g/mol. The van der Waals surface area contributed by atoms with E-state index in [1.165, 1.54) is 60.8 Å². The van der Waals surface area contributed by atoms with E-state index in [1.54, 1.807) is 0 Å². The summed E-state index contributed by atoms with van der Waals surface area (Å²) in [6, 6.07) is 80.9. The fraction of sp³-hybridized carbons (Fsp3) is 0.0492. The first-order valence-electron chi connectivity index (χ1n) is 22.1. The molecule has 0 saturated carbocycles.